The minimum Gasteiger partial charge on any atom is -0.488 e. The second-order valence-electron chi connectivity index (χ2n) is 3.83. The van der Waals surface area contributed by atoms with Crippen LogP contribution in [0.5, 0.6) is 5.75 Å². The molecule has 1 aromatic heterocycles. The van der Waals surface area contributed by atoms with Crippen LogP contribution < -0.4 is 10.1 Å². The number of methoxy groups -OCH3 is 1. The van der Waals surface area contributed by atoms with Crippen molar-refractivity contribution in [2.75, 3.05) is 25.6 Å². The Morgan fingerprint density at radius 3 is 2.90 bits per heavy atom. The number of ether oxygens (including phenoxy) is 2. The van der Waals surface area contributed by atoms with Gasteiger partial charge < -0.3 is 14.8 Å². The molecule has 0 amide bonds. The summed E-state index contributed by atoms with van der Waals surface area (Å²) in [4.78, 5) is 7.73. The molecule has 0 unspecified atom stereocenters. The molecule has 2 aromatic rings. The third-order valence-corrected chi connectivity index (χ3v) is 2.68. The van der Waals surface area contributed by atoms with Crippen molar-refractivity contribution in [1.82, 2.24) is 9.97 Å². The average molecular weight is 298 g/mol. The molecule has 0 saturated carbocycles. The van der Waals surface area contributed by atoms with Gasteiger partial charge in [-0.3, -0.25) is 0 Å². The lowest BCUT2D eigenvalue weighted by Gasteiger charge is -2.10. The highest BCUT2D eigenvalue weighted by atomic mass is 35.5. The molecular formula is C13H13ClFN3O2. The number of rotatable bonds is 6. The van der Waals surface area contributed by atoms with Gasteiger partial charge in [0, 0.05) is 18.9 Å². The maximum atomic E-state index is 13.8. The van der Waals surface area contributed by atoms with Crippen LogP contribution in [0.25, 0.3) is 0 Å². The Balaban J connectivity index is 2.07. The number of nitrogens with zero attached hydrogens (tertiary/aromatic N) is 2. The minimum atomic E-state index is -0.476. The van der Waals surface area contributed by atoms with Gasteiger partial charge in [-0.25, -0.2) is 14.4 Å². The van der Waals surface area contributed by atoms with Crippen molar-refractivity contribution < 1.29 is 13.9 Å². The molecule has 1 aromatic carbocycles. The van der Waals surface area contributed by atoms with E-state index in [1.54, 1.807) is 13.2 Å². The third-order valence-electron chi connectivity index (χ3n) is 2.41. The molecule has 0 fully saturated rings. The first-order valence-corrected chi connectivity index (χ1v) is 6.22. The van der Waals surface area contributed by atoms with E-state index in [2.05, 4.69) is 15.3 Å². The highest BCUT2D eigenvalue weighted by molar-refractivity contribution is 6.32. The molecule has 1 N–H and O–H groups in total. The van der Waals surface area contributed by atoms with E-state index in [9.17, 15) is 4.39 Å². The third kappa shape index (κ3) is 3.79. The number of halogens is 2. The van der Waals surface area contributed by atoms with Gasteiger partial charge in [0.25, 0.3) is 0 Å². The number of nitrogens with one attached hydrogen (secondary N) is 1. The zero-order valence-corrected chi connectivity index (χ0v) is 11.5. The van der Waals surface area contributed by atoms with Gasteiger partial charge in [-0.05, 0) is 12.1 Å². The molecule has 106 valence electrons. The predicted molar refractivity (Wildman–Crippen MR) is 74.1 cm³/mol. The predicted octanol–water partition coefficient (Wildman–Crippen LogP) is 3.04. The maximum absolute atomic E-state index is 13.8. The summed E-state index contributed by atoms with van der Waals surface area (Å²) >= 11 is 5.91. The van der Waals surface area contributed by atoms with Gasteiger partial charge in [0.2, 0.25) is 0 Å². The van der Waals surface area contributed by atoms with Crippen LogP contribution in [0.4, 0.5) is 15.9 Å². The standard InChI is InChI=1S/C13H13ClFN3O2/c1-19-4-5-20-12-3-2-9(6-11(12)15)18-13-10(14)7-16-8-17-13/h2-3,6-8H,4-5H2,1H3,(H,16,17,18). The summed E-state index contributed by atoms with van der Waals surface area (Å²) in [5.74, 6) is 0.104. The van der Waals surface area contributed by atoms with E-state index < -0.39 is 5.82 Å². The van der Waals surface area contributed by atoms with E-state index in [4.69, 9.17) is 21.1 Å². The maximum Gasteiger partial charge on any atom is 0.167 e. The summed E-state index contributed by atoms with van der Waals surface area (Å²) in [6, 6.07) is 4.51. The highest BCUT2D eigenvalue weighted by Gasteiger charge is 2.07. The zero-order chi connectivity index (χ0) is 14.4. The van der Waals surface area contributed by atoms with Crippen molar-refractivity contribution in [3.8, 4) is 5.75 Å². The smallest absolute Gasteiger partial charge is 0.167 e. The fourth-order valence-electron chi connectivity index (χ4n) is 1.47. The van der Waals surface area contributed by atoms with Crippen molar-refractivity contribution in [2.24, 2.45) is 0 Å². The van der Waals surface area contributed by atoms with Crippen molar-refractivity contribution in [3.05, 3.63) is 41.6 Å². The minimum absolute atomic E-state index is 0.168. The van der Waals surface area contributed by atoms with Crippen molar-refractivity contribution >= 4 is 23.1 Å². The summed E-state index contributed by atoms with van der Waals surface area (Å²) in [5.41, 5.74) is 0.516. The Hall–Kier alpha value is -1.92. The zero-order valence-electron chi connectivity index (χ0n) is 10.8. The summed E-state index contributed by atoms with van der Waals surface area (Å²) < 4.78 is 23.9. The molecule has 0 spiro atoms. The number of hydrogen-bond acceptors (Lipinski definition) is 5. The van der Waals surface area contributed by atoms with Crippen LogP contribution in [0.3, 0.4) is 0 Å². The molecule has 0 aliphatic carbocycles. The molecule has 0 aliphatic rings. The van der Waals surface area contributed by atoms with Crippen molar-refractivity contribution in [1.29, 1.82) is 0 Å². The molecule has 20 heavy (non-hydrogen) atoms. The molecular weight excluding hydrogens is 285 g/mol. The Morgan fingerprint density at radius 1 is 1.35 bits per heavy atom. The summed E-state index contributed by atoms with van der Waals surface area (Å²) in [6.45, 7) is 0.688. The van der Waals surface area contributed by atoms with Crippen LogP contribution in [0.15, 0.2) is 30.7 Å². The van der Waals surface area contributed by atoms with Crippen molar-refractivity contribution in [3.63, 3.8) is 0 Å². The van der Waals surface area contributed by atoms with E-state index in [0.717, 1.165) is 0 Å². The van der Waals surface area contributed by atoms with E-state index in [-0.39, 0.29) is 12.4 Å². The van der Waals surface area contributed by atoms with Crippen LogP contribution in [-0.2, 0) is 4.74 Å². The number of benzene rings is 1. The molecule has 0 atom stereocenters. The fraction of sp³-hybridized carbons (Fsp3) is 0.231. The summed E-state index contributed by atoms with van der Waals surface area (Å²) in [7, 11) is 1.55. The van der Waals surface area contributed by atoms with Crippen LogP contribution in [0, 0.1) is 5.82 Å². The second-order valence-corrected chi connectivity index (χ2v) is 4.24. The first-order valence-electron chi connectivity index (χ1n) is 5.84. The highest BCUT2D eigenvalue weighted by Crippen LogP contribution is 2.25. The molecule has 1 heterocycles. The Bertz CT molecular complexity index is 583. The lowest BCUT2D eigenvalue weighted by molar-refractivity contribution is 0.144. The fourth-order valence-corrected chi connectivity index (χ4v) is 1.62. The Kier molecular flexibility index (Phi) is 5.09. The van der Waals surface area contributed by atoms with Gasteiger partial charge in [0.1, 0.15) is 18.0 Å². The van der Waals surface area contributed by atoms with Gasteiger partial charge in [-0.2, -0.15) is 0 Å². The molecule has 0 radical (unpaired) electrons. The summed E-state index contributed by atoms with van der Waals surface area (Å²) in [5, 5.41) is 3.26. The first-order chi connectivity index (χ1) is 9.70. The van der Waals surface area contributed by atoms with Gasteiger partial charge in [0.05, 0.1) is 12.8 Å². The number of hydrogen-bond donors (Lipinski definition) is 1. The Morgan fingerprint density at radius 2 is 2.20 bits per heavy atom. The molecule has 0 bridgehead atoms. The normalized spacial score (nSPS) is 10.3. The number of anilines is 2. The van der Waals surface area contributed by atoms with Gasteiger partial charge in [-0.1, -0.05) is 11.6 Å². The second kappa shape index (κ2) is 7.02. The lowest BCUT2D eigenvalue weighted by Crippen LogP contribution is -2.05. The largest absolute Gasteiger partial charge is 0.488 e. The van der Waals surface area contributed by atoms with Crippen LogP contribution in [0.2, 0.25) is 5.02 Å². The monoisotopic (exact) mass is 297 g/mol. The van der Waals surface area contributed by atoms with Gasteiger partial charge in [-0.15, -0.1) is 0 Å². The van der Waals surface area contributed by atoms with E-state index in [0.29, 0.717) is 23.1 Å². The lowest BCUT2D eigenvalue weighted by atomic mass is 10.3. The van der Waals surface area contributed by atoms with Crippen LogP contribution in [0.1, 0.15) is 0 Å². The van der Waals surface area contributed by atoms with E-state index in [1.165, 1.54) is 24.7 Å². The topological polar surface area (TPSA) is 56.3 Å². The number of aromatic nitrogens is 2. The van der Waals surface area contributed by atoms with E-state index >= 15 is 0 Å². The molecule has 7 heteroatoms. The molecule has 2 rings (SSSR count). The summed E-state index contributed by atoms with van der Waals surface area (Å²) in [6.07, 6.45) is 2.81. The molecule has 0 aliphatic heterocycles. The van der Waals surface area contributed by atoms with Gasteiger partial charge >= 0.3 is 0 Å². The van der Waals surface area contributed by atoms with Crippen LogP contribution in [-0.4, -0.2) is 30.3 Å². The average Bonchev–Trinajstić information content (AvgIpc) is 2.44. The first kappa shape index (κ1) is 14.5. The van der Waals surface area contributed by atoms with Gasteiger partial charge in [0.15, 0.2) is 17.4 Å². The molecule has 0 saturated heterocycles. The SMILES string of the molecule is COCCOc1ccc(Nc2ncncc2Cl)cc1F. The van der Waals surface area contributed by atoms with Crippen LogP contribution >= 0.6 is 11.6 Å². The Labute approximate surface area is 120 Å². The quantitative estimate of drug-likeness (QED) is 0.831. The van der Waals surface area contributed by atoms with E-state index in [1.807, 2.05) is 0 Å². The van der Waals surface area contributed by atoms with Crippen molar-refractivity contribution in [2.45, 2.75) is 0 Å². The molecule has 5 nitrogen and oxygen atoms in total.